The van der Waals surface area contributed by atoms with Crippen molar-refractivity contribution in [2.45, 2.75) is 25.8 Å². The minimum atomic E-state index is -0.888. The number of aliphatic carboxylic acids is 1. The van der Waals surface area contributed by atoms with E-state index in [4.69, 9.17) is 5.11 Å². The third kappa shape index (κ3) is 9.69. The Bertz CT molecular complexity index is 320. The molecule has 1 unspecified atom stereocenters. The Kier molecular flexibility index (Phi) is 8.07. The average molecular weight is 274 g/mol. The Morgan fingerprint density at radius 2 is 1.74 bits per heavy atom. The Hall–Kier alpha value is -1.99. The standard InChI is InChI=1S/C11H22N4O4/c1-8(4-5-9(16)17)14-10(18)12-6-7-13-11(19)15(2)3/h8H,4-7H2,1-3H3,(H,13,19)(H,16,17)(H2,12,14,18). The normalized spacial score (nSPS) is 11.3. The molecule has 0 bridgehead atoms. The molecule has 0 aliphatic carbocycles. The minimum absolute atomic E-state index is 0.0142. The molecule has 0 heterocycles. The van der Waals surface area contributed by atoms with E-state index in [-0.39, 0.29) is 24.5 Å². The van der Waals surface area contributed by atoms with Crippen LogP contribution >= 0.6 is 0 Å². The van der Waals surface area contributed by atoms with Gasteiger partial charge in [-0.3, -0.25) is 4.79 Å². The van der Waals surface area contributed by atoms with E-state index in [1.807, 2.05) is 0 Å². The van der Waals surface area contributed by atoms with Gasteiger partial charge in [-0.15, -0.1) is 0 Å². The SMILES string of the molecule is CC(CCC(=O)O)NC(=O)NCCNC(=O)N(C)C. The van der Waals surface area contributed by atoms with E-state index >= 15 is 0 Å². The van der Waals surface area contributed by atoms with Crippen molar-refractivity contribution in [3.63, 3.8) is 0 Å². The van der Waals surface area contributed by atoms with Crippen LogP contribution in [-0.2, 0) is 4.79 Å². The summed E-state index contributed by atoms with van der Waals surface area (Å²) in [5.41, 5.74) is 0. The fourth-order valence-corrected chi connectivity index (χ4v) is 1.19. The van der Waals surface area contributed by atoms with Gasteiger partial charge in [-0.25, -0.2) is 9.59 Å². The quantitative estimate of drug-likeness (QED) is 0.482. The van der Waals surface area contributed by atoms with Crippen molar-refractivity contribution in [2.75, 3.05) is 27.2 Å². The molecular weight excluding hydrogens is 252 g/mol. The number of amides is 4. The van der Waals surface area contributed by atoms with Gasteiger partial charge in [-0.1, -0.05) is 0 Å². The molecule has 0 aromatic rings. The maximum atomic E-state index is 11.4. The van der Waals surface area contributed by atoms with Crippen molar-refractivity contribution in [1.29, 1.82) is 0 Å². The van der Waals surface area contributed by atoms with E-state index in [1.54, 1.807) is 21.0 Å². The summed E-state index contributed by atoms with van der Waals surface area (Å²) in [6.07, 6.45) is 0.389. The molecule has 0 aliphatic rings. The first-order valence-electron chi connectivity index (χ1n) is 6.04. The molecule has 0 aromatic heterocycles. The molecule has 19 heavy (non-hydrogen) atoms. The zero-order valence-electron chi connectivity index (χ0n) is 11.5. The van der Waals surface area contributed by atoms with Crippen LogP contribution in [0.25, 0.3) is 0 Å². The summed E-state index contributed by atoms with van der Waals surface area (Å²) in [6, 6.07) is -0.818. The number of nitrogens with zero attached hydrogens (tertiary/aromatic N) is 1. The van der Waals surface area contributed by atoms with Crippen LogP contribution in [0.4, 0.5) is 9.59 Å². The molecule has 0 saturated heterocycles. The van der Waals surface area contributed by atoms with Crippen LogP contribution in [0.1, 0.15) is 19.8 Å². The summed E-state index contributed by atoms with van der Waals surface area (Å²) in [7, 11) is 3.25. The second-order valence-corrected chi connectivity index (χ2v) is 4.36. The summed E-state index contributed by atoms with van der Waals surface area (Å²) >= 11 is 0. The van der Waals surface area contributed by atoms with Gasteiger partial charge in [0, 0.05) is 39.6 Å². The molecule has 0 radical (unpaired) electrons. The van der Waals surface area contributed by atoms with Crippen LogP contribution in [0.3, 0.4) is 0 Å². The van der Waals surface area contributed by atoms with Crippen molar-refractivity contribution < 1.29 is 19.5 Å². The lowest BCUT2D eigenvalue weighted by molar-refractivity contribution is -0.137. The predicted octanol–water partition coefficient (Wildman–Crippen LogP) is -0.190. The highest BCUT2D eigenvalue weighted by atomic mass is 16.4. The number of hydrogen-bond donors (Lipinski definition) is 4. The molecule has 0 rings (SSSR count). The molecule has 110 valence electrons. The third-order valence-electron chi connectivity index (χ3n) is 2.26. The van der Waals surface area contributed by atoms with E-state index in [0.717, 1.165) is 0 Å². The van der Waals surface area contributed by atoms with Crippen LogP contribution in [0.5, 0.6) is 0 Å². The summed E-state index contributed by atoms with van der Waals surface area (Å²) in [6.45, 7) is 2.36. The maximum Gasteiger partial charge on any atom is 0.316 e. The molecule has 1 atom stereocenters. The minimum Gasteiger partial charge on any atom is -0.481 e. The lowest BCUT2D eigenvalue weighted by atomic mass is 10.2. The highest BCUT2D eigenvalue weighted by Gasteiger charge is 2.08. The fraction of sp³-hybridized carbons (Fsp3) is 0.727. The van der Waals surface area contributed by atoms with Crippen molar-refractivity contribution in [3.05, 3.63) is 0 Å². The molecule has 8 nitrogen and oxygen atoms in total. The van der Waals surface area contributed by atoms with Crippen molar-refractivity contribution in [1.82, 2.24) is 20.9 Å². The first kappa shape index (κ1) is 17.0. The largest absolute Gasteiger partial charge is 0.481 e. The molecular formula is C11H22N4O4. The highest BCUT2D eigenvalue weighted by molar-refractivity contribution is 5.75. The Balaban J connectivity index is 3.64. The number of carbonyl (C=O) groups is 3. The van der Waals surface area contributed by atoms with E-state index < -0.39 is 5.97 Å². The molecule has 4 N–H and O–H groups in total. The van der Waals surface area contributed by atoms with Crippen LogP contribution in [-0.4, -0.2) is 61.3 Å². The lowest BCUT2D eigenvalue weighted by Gasteiger charge is -2.15. The monoisotopic (exact) mass is 274 g/mol. The summed E-state index contributed by atoms with van der Waals surface area (Å²) in [5.74, 6) is -0.888. The number of carboxylic acids is 1. The number of carboxylic acid groups (broad SMARTS) is 1. The average Bonchev–Trinajstić information content (AvgIpc) is 2.31. The second kappa shape index (κ2) is 9.01. The topological polar surface area (TPSA) is 111 Å². The van der Waals surface area contributed by atoms with Crippen LogP contribution < -0.4 is 16.0 Å². The van der Waals surface area contributed by atoms with Crippen LogP contribution in [0.2, 0.25) is 0 Å². The van der Waals surface area contributed by atoms with E-state index in [0.29, 0.717) is 19.5 Å². The molecule has 4 amide bonds. The van der Waals surface area contributed by atoms with E-state index in [2.05, 4.69) is 16.0 Å². The van der Waals surface area contributed by atoms with Crippen LogP contribution in [0.15, 0.2) is 0 Å². The van der Waals surface area contributed by atoms with Gasteiger partial charge in [-0.05, 0) is 13.3 Å². The summed E-state index contributed by atoms with van der Waals surface area (Å²) < 4.78 is 0. The van der Waals surface area contributed by atoms with Gasteiger partial charge in [-0.2, -0.15) is 0 Å². The fourth-order valence-electron chi connectivity index (χ4n) is 1.19. The van der Waals surface area contributed by atoms with E-state index in [1.165, 1.54) is 4.90 Å². The maximum absolute atomic E-state index is 11.4. The predicted molar refractivity (Wildman–Crippen MR) is 70.0 cm³/mol. The van der Waals surface area contributed by atoms with E-state index in [9.17, 15) is 14.4 Å². The van der Waals surface area contributed by atoms with Gasteiger partial charge in [0.05, 0.1) is 0 Å². The molecule has 0 saturated carbocycles. The van der Waals surface area contributed by atoms with Gasteiger partial charge < -0.3 is 26.0 Å². The molecule has 8 heteroatoms. The Labute approximate surface area is 112 Å². The Morgan fingerprint density at radius 1 is 1.16 bits per heavy atom. The van der Waals surface area contributed by atoms with Gasteiger partial charge in [0.15, 0.2) is 0 Å². The third-order valence-corrected chi connectivity index (χ3v) is 2.26. The molecule has 0 aliphatic heterocycles. The molecule has 0 spiro atoms. The first-order chi connectivity index (χ1) is 8.82. The van der Waals surface area contributed by atoms with Gasteiger partial charge in [0.25, 0.3) is 0 Å². The van der Waals surface area contributed by atoms with Gasteiger partial charge in [0.2, 0.25) is 0 Å². The number of rotatable bonds is 7. The first-order valence-corrected chi connectivity index (χ1v) is 6.04. The second-order valence-electron chi connectivity index (χ2n) is 4.36. The lowest BCUT2D eigenvalue weighted by Crippen LogP contribution is -2.44. The van der Waals surface area contributed by atoms with Crippen molar-refractivity contribution in [2.24, 2.45) is 0 Å². The van der Waals surface area contributed by atoms with Gasteiger partial charge >= 0.3 is 18.0 Å². The zero-order chi connectivity index (χ0) is 14.8. The van der Waals surface area contributed by atoms with Crippen molar-refractivity contribution >= 4 is 18.0 Å². The van der Waals surface area contributed by atoms with Crippen molar-refractivity contribution in [3.8, 4) is 0 Å². The van der Waals surface area contributed by atoms with Gasteiger partial charge in [0.1, 0.15) is 0 Å². The summed E-state index contributed by atoms with van der Waals surface area (Å²) in [5, 5.41) is 16.3. The van der Waals surface area contributed by atoms with Crippen LogP contribution in [0, 0.1) is 0 Å². The Morgan fingerprint density at radius 3 is 2.26 bits per heavy atom. The summed E-state index contributed by atoms with van der Waals surface area (Å²) in [4.78, 5) is 34.3. The number of carbonyl (C=O) groups excluding carboxylic acids is 2. The smallest absolute Gasteiger partial charge is 0.316 e. The molecule has 0 fully saturated rings. The number of urea groups is 2. The number of hydrogen-bond acceptors (Lipinski definition) is 3. The zero-order valence-corrected chi connectivity index (χ0v) is 11.5. The highest BCUT2D eigenvalue weighted by Crippen LogP contribution is 1.95. The molecule has 0 aromatic carbocycles. The number of nitrogens with one attached hydrogen (secondary N) is 3.